The van der Waals surface area contributed by atoms with Crippen LogP contribution >= 0.6 is 0 Å². The van der Waals surface area contributed by atoms with Gasteiger partial charge >= 0.3 is 24.0 Å². The quantitative estimate of drug-likeness (QED) is 0.291. The topological polar surface area (TPSA) is 52.6 Å². The number of hydrogen-bond acceptors (Lipinski definition) is 4. The lowest BCUT2D eigenvalue weighted by molar-refractivity contribution is -0.294. The molecule has 0 aromatic carbocycles. The van der Waals surface area contributed by atoms with Crippen LogP contribution in [0.15, 0.2) is 0 Å². The van der Waals surface area contributed by atoms with Crippen LogP contribution in [0.2, 0.25) is 0 Å². The van der Waals surface area contributed by atoms with Crippen molar-refractivity contribution in [2.45, 2.75) is 98.8 Å². The average molecular weight is 446 g/mol. The maximum Gasteiger partial charge on any atom is 0.456 e. The zero-order valence-corrected chi connectivity index (χ0v) is 19.1. The summed E-state index contributed by atoms with van der Waals surface area (Å²) < 4.78 is 72.3. The molecule has 2 unspecified atom stereocenters. The summed E-state index contributed by atoms with van der Waals surface area (Å²) in [6.07, 6.45) is -4.93. The van der Waals surface area contributed by atoms with E-state index < -0.39 is 54.0 Å². The highest BCUT2D eigenvalue weighted by Gasteiger charge is 2.58. The predicted molar refractivity (Wildman–Crippen MR) is 103 cm³/mol. The third kappa shape index (κ3) is 8.76. The summed E-state index contributed by atoms with van der Waals surface area (Å²) in [5, 5.41) is 0. The first-order valence-corrected chi connectivity index (χ1v) is 10.0. The molecule has 0 bridgehead atoms. The number of alkyl halides is 5. The lowest BCUT2D eigenvalue weighted by atomic mass is 9.70. The molecule has 0 saturated heterocycles. The number of rotatable bonds is 10. The van der Waals surface area contributed by atoms with Gasteiger partial charge in [0.1, 0.15) is 5.60 Å². The normalized spacial score (nSPS) is 16.6. The van der Waals surface area contributed by atoms with Crippen molar-refractivity contribution in [1.29, 1.82) is 0 Å². The van der Waals surface area contributed by atoms with Gasteiger partial charge in [0.2, 0.25) is 0 Å². The van der Waals surface area contributed by atoms with Crippen LogP contribution in [-0.2, 0) is 19.1 Å². The van der Waals surface area contributed by atoms with Crippen LogP contribution in [-0.4, -0.2) is 36.2 Å². The molecule has 9 heteroatoms. The second-order valence-electron chi connectivity index (χ2n) is 9.90. The van der Waals surface area contributed by atoms with Gasteiger partial charge in [-0.2, -0.15) is 22.0 Å². The average Bonchev–Trinajstić information content (AvgIpc) is 2.56. The van der Waals surface area contributed by atoms with Crippen LogP contribution in [0.3, 0.4) is 0 Å². The lowest BCUT2D eigenvalue weighted by Crippen LogP contribution is -2.43. The molecule has 4 nitrogen and oxygen atoms in total. The van der Waals surface area contributed by atoms with E-state index in [1.165, 1.54) is 6.92 Å². The highest BCUT2D eigenvalue weighted by molar-refractivity contribution is 5.75. The Kier molecular flexibility index (Phi) is 9.35. The monoisotopic (exact) mass is 446 g/mol. The van der Waals surface area contributed by atoms with E-state index in [2.05, 4.69) is 4.74 Å². The molecule has 0 aliphatic heterocycles. The minimum atomic E-state index is -5.82. The summed E-state index contributed by atoms with van der Waals surface area (Å²) in [5.41, 5.74) is -1.96. The minimum Gasteiger partial charge on any atom is -0.459 e. The second kappa shape index (κ2) is 9.81. The number of halogens is 5. The van der Waals surface area contributed by atoms with Gasteiger partial charge in [-0.25, -0.2) is 0 Å². The van der Waals surface area contributed by atoms with E-state index >= 15 is 0 Å². The van der Waals surface area contributed by atoms with Crippen molar-refractivity contribution in [2.24, 2.45) is 16.7 Å². The fourth-order valence-electron chi connectivity index (χ4n) is 2.60. The summed E-state index contributed by atoms with van der Waals surface area (Å²) in [6.45, 7) is 12.7. The first kappa shape index (κ1) is 28.6. The van der Waals surface area contributed by atoms with Crippen LogP contribution < -0.4 is 0 Å². The van der Waals surface area contributed by atoms with Crippen LogP contribution in [0.25, 0.3) is 0 Å². The van der Waals surface area contributed by atoms with E-state index in [0.717, 1.165) is 6.42 Å². The summed E-state index contributed by atoms with van der Waals surface area (Å²) in [4.78, 5) is 24.8. The second-order valence-corrected chi connectivity index (χ2v) is 9.90. The molecule has 0 spiro atoms. The Bertz CT molecular complexity index is 593. The Morgan fingerprint density at radius 2 is 1.37 bits per heavy atom. The van der Waals surface area contributed by atoms with Crippen LogP contribution in [0, 0.1) is 16.7 Å². The highest BCUT2D eigenvalue weighted by Crippen LogP contribution is 2.40. The maximum absolute atomic E-state index is 13.0. The lowest BCUT2D eigenvalue weighted by Gasteiger charge is -2.38. The molecular weight excluding hydrogens is 411 g/mol. The Morgan fingerprint density at radius 1 is 0.867 bits per heavy atom. The number of carbonyl (C=O) groups is 2. The zero-order chi connectivity index (χ0) is 24.2. The molecule has 0 heterocycles. The van der Waals surface area contributed by atoms with E-state index in [9.17, 15) is 31.5 Å². The third-order valence-electron chi connectivity index (χ3n) is 5.49. The molecule has 0 aliphatic carbocycles. The molecule has 0 amide bonds. The molecule has 0 fully saturated rings. The molecule has 30 heavy (non-hydrogen) atoms. The van der Waals surface area contributed by atoms with Gasteiger partial charge in [0.15, 0.2) is 6.61 Å². The van der Waals surface area contributed by atoms with Gasteiger partial charge < -0.3 is 9.47 Å². The van der Waals surface area contributed by atoms with Crippen molar-refractivity contribution in [3.8, 4) is 0 Å². The largest absolute Gasteiger partial charge is 0.459 e. The SMILES string of the molecule is CCC(C)(C)CC(C(=O)OC(C)(CC)CC(=O)OCC(F)(F)C(F)(F)F)C(C)(C)C. The fourth-order valence-corrected chi connectivity index (χ4v) is 2.60. The van der Waals surface area contributed by atoms with E-state index in [1.807, 2.05) is 41.5 Å². The van der Waals surface area contributed by atoms with Crippen LogP contribution in [0.4, 0.5) is 22.0 Å². The molecule has 0 aromatic heterocycles. The zero-order valence-electron chi connectivity index (χ0n) is 19.1. The minimum absolute atomic E-state index is 0.137. The Morgan fingerprint density at radius 3 is 1.73 bits per heavy atom. The maximum atomic E-state index is 13.0. The molecule has 0 aliphatic rings. The molecule has 0 radical (unpaired) electrons. The molecule has 0 saturated carbocycles. The Labute approximate surface area is 175 Å². The van der Waals surface area contributed by atoms with Gasteiger partial charge in [-0.3, -0.25) is 9.59 Å². The fraction of sp³-hybridized carbons (Fsp3) is 0.905. The number of ether oxygens (including phenoxy) is 2. The van der Waals surface area contributed by atoms with E-state index in [0.29, 0.717) is 6.42 Å². The number of carbonyl (C=O) groups excluding carboxylic acids is 2. The Balaban J connectivity index is 5.28. The Hall–Kier alpha value is -1.41. The predicted octanol–water partition coefficient (Wildman–Crippen LogP) is 6.32. The van der Waals surface area contributed by atoms with Gasteiger partial charge in [-0.05, 0) is 30.6 Å². The molecule has 178 valence electrons. The van der Waals surface area contributed by atoms with Gasteiger partial charge in [0.25, 0.3) is 0 Å². The summed E-state index contributed by atoms with van der Waals surface area (Å²) >= 11 is 0. The van der Waals surface area contributed by atoms with Gasteiger partial charge in [-0.15, -0.1) is 0 Å². The van der Waals surface area contributed by atoms with Crippen molar-refractivity contribution >= 4 is 11.9 Å². The van der Waals surface area contributed by atoms with Crippen molar-refractivity contribution in [2.75, 3.05) is 6.61 Å². The molecule has 0 aromatic rings. The number of hydrogen-bond donors (Lipinski definition) is 0. The van der Waals surface area contributed by atoms with Gasteiger partial charge in [0, 0.05) is 0 Å². The smallest absolute Gasteiger partial charge is 0.456 e. The van der Waals surface area contributed by atoms with Crippen molar-refractivity contribution in [3.05, 3.63) is 0 Å². The van der Waals surface area contributed by atoms with Crippen molar-refractivity contribution in [3.63, 3.8) is 0 Å². The van der Waals surface area contributed by atoms with E-state index in [1.54, 1.807) is 6.92 Å². The van der Waals surface area contributed by atoms with Crippen molar-refractivity contribution in [1.82, 2.24) is 0 Å². The third-order valence-corrected chi connectivity index (χ3v) is 5.49. The molecular formula is C21H35F5O4. The van der Waals surface area contributed by atoms with Gasteiger partial charge in [0.05, 0.1) is 12.3 Å². The highest BCUT2D eigenvalue weighted by atomic mass is 19.4. The van der Waals surface area contributed by atoms with E-state index in [4.69, 9.17) is 4.74 Å². The summed E-state index contributed by atoms with van der Waals surface area (Å²) in [5.74, 6) is -7.48. The molecule has 2 atom stereocenters. The first-order chi connectivity index (χ1) is 13.2. The molecule has 0 rings (SSSR count). The number of esters is 2. The summed E-state index contributed by atoms with van der Waals surface area (Å²) in [7, 11) is 0. The van der Waals surface area contributed by atoms with E-state index in [-0.39, 0.29) is 11.8 Å². The van der Waals surface area contributed by atoms with Gasteiger partial charge in [-0.1, -0.05) is 54.9 Å². The van der Waals surface area contributed by atoms with Crippen LogP contribution in [0.1, 0.15) is 81.1 Å². The summed E-state index contributed by atoms with van der Waals surface area (Å²) in [6, 6.07) is 0. The standard InChI is InChI=1S/C21H35F5O4/c1-9-18(6,7)11-14(17(3,4)5)16(28)30-19(8,10-2)12-15(27)29-13-20(22,23)21(24,25)26/h14H,9-13H2,1-8H3. The first-order valence-electron chi connectivity index (χ1n) is 10.0. The van der Waals surface area contributed by atoms with Crippen LogP contribution in [0.5, 0.6) is 0 Å². The molecule has 0 N–H and O–H groups in total. The van der Waals surface area contributed by atoms with Crippen molar-refractivity contribution < 1.29 is 41.0 Å².